The monoisotopic (exact) mass is 361 g/mol. The van der Waals surface area contributed by atoms with Crippen LogP contribution >= 0.6 is 0 Å². The lowest BCUT2D eigenvalue weighted by atomic mass is 10.2. The summed E-state index contributed by atoms with van der Waals surface area (Å²) in [6, 6.07) is 8.61. The maximum absolute atomic E-state index is 12.3. The van der Waals surface area contributed by atoms with Crippen molar-refractivity contribution in [3.63, 3.8) is 0 Å². The van der Waals surface area contributed by atoms with Gasteiger partial charge in [-0.3, -0.25) is 19.1 Å². The Bertz CT molecular complexity index is 858. The van der Waals surface area contributed by atoms with Crippen molar-refractivity contribution < 1.29 is 9.53 Å². The van der Waals surface area contributed by atoms with E-state index >= 15 is 0 Å². The standard InChI is InChI=1S/C17H23N5O4/c1-11(18)15(23)20-14-13(19-10-12-6-4-3-5-7-12)16(24)21-17(25)22(14)8-9-26-2/h3-7,11,19H,8-10,18H2,1-2H3,(H,20,23)(H,21,24,25)/t11-/m0/s1. The van der Waals surface area contributed by atoms with E-state index in [2.05, 4.69) is 15.6 Å². The molecule has 1 atom stereocenters. The summed E-state index contributed by atoms with van der Waals surface area (Å²) < 4.78 is 6.23. The Morgan fingerprint density at radius 1 is 1.31 bits per heavy atom. The fourth-order valence-corrected chi connectivity index (χ4v) is 2.28. The minimum absolute atomic E-state index is 0.0639. The maximum Gasteiger partial charge on any atom is 0.330 e. The normalized spacial score (nSPS) is 11.8. The number of carbonyl (C=O) groups is 1. The Morgan fingerprint density at radius 3 is 2.62 bits per heavy atom. The lowest BCUT2D eigenvalue weighted by molar-refractivity contribution is -0.117. The zero-order chi connectivity index (χ0) is 19.1. The quantitative estimate of drug-likeness (QED) is 0.527. The van der Waals surface area contributed by atoms with Crippen molar-refractivity contribution in [1.82, 2.24) is 9.55 Å². The summed E-state index contributed by atoms with van der Waals surface area (Å²) in [6.07, 6.45) is 0. The molecule has 2 rings (SSSR count). The second-order valence-corrected chi connectivity index (χ2v) is 5.74. The first-order valence-corrected chi connectivity index (χ1v) is 8.14. The third-order valence-electron chi connectivity index (χ3n) is 3.69. The highest BCUT2D eigenvalue weighted by Gasteiger charge is 2.18. The van der Waals surface area contributed by atoms with Gasteiger partial charge in [0.1, 0.15) is 11.5 Å². The number of H-pyrrole nitrogens is 1. The van der Waals surface area contributed by atoms with Crippen molar-refractivity contribution in [2.75, 3.05) is 24.4 Å². The molecule has 9 nitrogen and oxygen atoms in total. The number of amides is 1. The fraction of sp³-hybridized carbons (Fsp3) is 0.353. The Kier molecular flexibility index (Phi) is 6.70. The van der Waals surface area contributed by atoms with Crippen molar-refractivity contribution in [2.45, 2.75) is 26.1 Å². The van der Waals surface area contributed by atoms with Crippen molar-refractivity contribution in [1.29, 1.82) is 0 Å². The van der Waals surface area contributed by atoms with Crippen LogP contribution in [0.5, 0.6) is 0 Å². The predicted octanol–water partition coefficient (Wildman–Crippen LogP) is 0.0808. The van der Waals surface area contributed by atoms with Gasteiger partial charge in [-0.05, 0) is 12.5 Å². The number of carbonyl (C=O) groups excluding carboxylic acids is 1. The first-order valence-electron chi connectivity index (χ1n) is 8.14. The van der Waals surface area contributed by atoms with Crippen LogP contribution < -0.4 is 27.6 Å². The summed E-state index contributed by atoms with van der Waals surface area (Å²) in [7, 11) is 1.49. The van der Waals surface area contributed by atoms with Gasteiger partial charge in [-0.25, -0.2) is 4.79 Å². The molecular weight excluding hydrogens is 338 g/mol. The van der Waals surface area contributed by atoms with Gasteiger partial charge >= 0.3 is 5.69 Å². The summed E-state index contributed by atoms with van der Waals surface area (Å²) in [5, 5.41) is 5.55. The Labute approximate surface area is 150 Å². The number of hydrogen-bond donors (Lipinski definition) is 4. The van der Waals surface area contributed by atoms with Gasteiger partial charge in [-0.2, -0.15) is 0 Å². The van der Waals surface area contributed by atoms with E-state index in [1.54, 1.807) is 0 Å². The van der Waals surface area contributed by atoms with E-state index in [1.165, 1.54) is 18.6 Å². The van der Waals surface area contributed by atoms with Crippen LogP contribution in [0.4, 0.5) is 11.5 Å². The Balaban J connectivity index is 2.44. The van der Waals surface area contributed by atoms with Crippen molar-refractivity contribution >= 4 is 17.4 Å². The molecule has 2 aromatic rings. The van der Waals surface area contributed by atoms with Crippen molar-refractivity contribution in [3.8, 4) is 0 Å². The zero-order valence-corrected chi connectivity index (χ0v) is 14.7. The first kappa shape index (κ1) is 19.4. The minimum Gasteiger partial charge on any atom is -0.383 e. The number of nitrogens with two attached hydrogens (primary N) is 1. The molecule has 5 N–H and O–H groups in total. The number of aromatic nitrogens is 2. The van der Waals surface area contributed by atoms with Gasteiger partial charge < -0.3 is 21.1 Å². The molecule has 0 saturated carbocycles. The maximum atomic E-state index is 12.3. The van der Waals surface area contributed by atoms with E-state index in [-0.39, 0.29) is 24.7 Å². The van der Waals surface area contributed by atoms with E-state index in [0.717, 1.165) is 5.56 Å². The number of nitrogens with one attached hydrogen (secondary N) is 3. The second kappa shape index (κ2) is 8.97. The van der Waals surface area contributed by atoms with Crippen LogP contribution in [0.2, 0.25) is 0 Å². The van der Waals surface area contributed by atoms with Crippen LogP contribution in [0, 0.1) is 0 Å². The summed E-state index contributed by atoms with van der Waals surface area (Å²) in [5.41, 5.74) is 5.35. The lowest BCUT2D eigenvalue weighted by Gasteiger charge is -2.18. The van der Waals surface area contributed by atoms with Gasteiger partial charge in [-0.1, -0.05) is 30.3 Å². The highest BCUT2D eigenvalue weighted by atomic mass is 16.5. The van der Waals surface area contributed by atoms with Crippen LogP contribution in [0.1, 0.15) is 12.5 Å². The first-order chi connectivity index (χ1) is 12.4. The smallest absolute Gasteiger partial charge is 0.330 e. The van der Waals surface area contributed by atoms with E-state index < -0.39 is 23.2 Å². The van der Waals surface area contributed by atoms with Gasteiger partial charge in [-0.15, -0.1) is 0 Å². The molecule has 140 valence electrons. The lowest BCUT2D eigenvalue weighted by Crippen LogP contribution is -2.39. The highest BCUT2D eigenvalue weighted by Crippen LogP contribution is 2.16. The van der Waals surface area contributed by atoms with Crippen LogP contribution in [0.15, 0.2) is 39.9 Å². The summed E-state index contributed by atoms with van der Waals surface area (Å²) in [5.74, 6) is -0.446. The van der Waals surface area contributed by atoms with Gasteiger partial charge in [0.2, 0.25) is 5.91 Å². The zero-order valence-electron chi connectivity index (χ0n) is 14.7. The molecule has 0 unspecified atom stereocenters. The molecule has 0 aliphatic heterocycles. The topological polar surface area (TPSA) is 131 Å². The van der Waals surface area contributed by atoms with Crippen LogP contribution in [-0.2, 0) is 22.6 Å². The number of nitrogens with zero attached hydrogens (tertiary/aromatic N) is 1. The van der Waals surface area contributed by atoms with Crippen molar-refractivity contribution in [3.05, 3.63) is 56.7 Å². The van der Waals surface area contributed by atoms with Crippen LogP contribution in [-0.4, -0.2) is 35.2 Å². The predicted molar refractivity (Wildman–Crippen MR) is 99.2 cm³/mol. The molecular formula is C17H23N5O4. The van der Waals surface area contributed by atoms with Gasteiger partial charge in [0.05, 0.1) is 19.2 Å². The molecule has 1 aromatic carbocycles. The summed E-state index contributed by atoms with van der Waals surface area (Å²) in [4.78, 5) is 38.8. The van der Waals surface area contributed by atoms with Crippen LogP contribution in [0.3, 0.4) is 0 Å². The number of anilines is 2. The van der Waals surface area contributed by atoms with E-state index in [0.29, 0.717) is 6.54 Å². The molecule has 0 spiro atoms. The molecule has 0 saturated heterocycles. The minimum atomic E-state index is -0.803. The second-order valence-electron chi connectivity index (χ2n) is 5.74. The number of rotatable bonds is 8. The average molecular weight is 361 g/mol. The van der Waals surface area contributed by atoms with Gasteiger partial charge in [0.15, 0.2) is 0 Å². The van der Waals surface area contributed by atoms with Crippen LogP contribution in [0.25, 0.3) is 0 Å². The van der Waals surface area contributed by atoms with Gasteiger partial charge in [0, 0.05) is 13.7 Å². The number of benzene rings is 1. The SMILES string of the molecule is COCCn1c(NC(=O)[C@H](C)N)c(NCc2ccccc2)c(=O)[nH]c1=O. The number of aromatic amines is 1. The van der Waals surface area contributed by atoms with E-state index in [1.807, 2.05) is 30.3 Å². The molecule has 0 bridgehead atoms. The average Bonchev–Trinajstić information content (AvgIpc) is 2.61. The number of methoxy groups -OCH3 is 1. The molecule has 1 heterocycles. The molecule has 0 fully saturated rings. The molecule has 1 aromatic heterocycles. The summed E-state index contributed by atoms with van der Waals surface area (Å²) >= 11 is 0. The number of ether oxygens (including phenoxy) is 1. The van der Waals surface area contributed by atoms with E-state index in [4.69, 9.17) is 10.5 Å². The molecule has 1 amide bonds. The molecule has 26 heavy (non-hydrogen) atoms. The largest absolute Gasteiger partial charge is 0.383 e. The molecule has 0 radical (unpaired) electrons. The fourth-order valence-electron chi connectivity index (χ4n) is 2.28. The highest BCUT2D eigenvalue weighted by molar-refractivity contribution is 5.96. The number of hydrogen-bond acceptors (Lipinski definition) is 6. The Hall–Kier alpha value is -2.91. The molecule has 0 aliphatic rings. The van der Waals surface area contributed by atoms with E-state index in [9.17, 15) is 14.4 Å². The summed E-state index contributed by atoms with van der Waals surface area (Å²) in [6.45, 7) is 2.23. The molecule has 9 heteroatoms. The Morgan fingerprint density at radius 2 is 2.00 bits per heavy atom. The third-order valence-corrected chi connectivity index (χ3v) is 3.69. The molecule has 0 aliphatic carbocycles. The third kappa shape index (κ3) is 4.80. The van der Waals surface area contributed by atoms with Crippen molar-refractivity contribution in [2.24, 2.45) is 5.73 Å². The van der Waals surface area contributed by atoms with Gasteiger partial charge in [0.25, 0.3) is 5.56 Å².